The third-order valence-corrected chi connectivity index (χ3v) is 3.33. The lowest BCUT2D eigenvalue weighted by Crippen LogP contribution is -2.35. The number of carbonyl (C=O) groups is 1. The highest BCUT2D eigenvalue weighted by atomic mass is 127. The molecule has 0 aliphatic rings. The molecule has 0 saturated carbocycles. The molecule has 82 valence electrons. The highest BCUT2D eigenvalue weighted by molar-refractivity contribution is 14.1. The summed E-state index contributed by atoms with van der Waals surface area (Å²) in [4.78, 5) is 11.8. The molecule has 1 unspecified atom stereocenters. The van der Waals surface area contributed by atoms with Gasteiger partial charge in [0, 0.05) is 15.2 Å². The van der Waals surface area contributed by atoms with Gasteiger partial charge in [0.1, 0.15) is 0 Å². The van der Waals surface area contributed by atoms with Crippen molar-refractivity contribution in [3.8, 4) is 0 Å². The lowest BCUT2D eigenvalue weighted by molar-refractivity contribution is 0.0921. The zero-order valence-electron chi connectivity index (χ0n) is 8.75. The summed E-state index contributed by atoms with van der Waals surface area (Å²) < 4.78 is 1.07. The van der Waals surface area contributed by atoms with Crippen molar-refractivity contribution in [3.05, 3.63) is 32.9 Å². The molecule has 1 rings (SSSR count). The third kappa shape index (κ3) is 3.17. The van der Waals surface area contributed by atoms with Crippen molar-refractivity contribution in [1.29, 1.82) is 0 Å². The minimum Gasteiger partial charge on any atom is -0.394 e. The van der Waals surface area contributed by atoms with Crippen LogP contribution in [0.2, 0.25) is 0 Å². The summed E-state index contributed by atoms with van der Waals surface area (Å²) in [6.07, 6.45) is 0. The van der Waals surface area contributed by atoms with Gasteiger partial charge < -0.3 is 10.4 Å². The molecule has 1 atom stereocenters. The first-order valence-corrected chi connectivity index (χ1v) is 5.81. The predicted molar refractivity (Wildman–Crippen MR) is 67.9 cm³/mol. The molecular formula is C11H14INO2. The molecule has 4 heteroatoms. The quantitative estimate of drug-likeness (QED) is 0.834. The topological polar surface area (TPSA) is 49.3 Å². The molecule has 0 saturated heterocycles. The van der Waals surface area contributed by atoms with E-state index in [1.54, 1.807) is 13.0 Å². The molecule has 0 heterocycles. The van der Waals surface area contributed by atoms with E-state index in [2.05, 4.69) is 27.9 Å². The Morgan fingerprint density at radius 3 is 2.87 bits per heavy atom. The normalized spacial score (nSPS) is 12.3. The van der Waals surface area contributed by atoms with Crippen molar-refractivity contribution >= 4 is 28.5 Å². The van der Waals surface area contributed by atoms with Crippen molar-refractivity contribution in [2.75, 3.05) is 6.61 Å². The summed E-state index contributed by atoms with van der Waals surface area (Å²) in [6, 6.07) is 5.39. The maximum atomic E-state index is 11.8. The van der Waals surface area contributed by atoms with Gasteiger partial charge in [-0.1, -0.05) is 6.07 Å². The van der Waals surface area contributed by atoms with E-state index in [-0.39, 0.29) is 18.6 Å². The van der Waals surface area contributed by atoms with Crippen LogP contribution in [0.4, 0.5) is 0 Å². The molecule has 1 aromatic rings. The van der Waals surface area contributed by atoms with E-state index >= 15 is 0 Å². The summed E-state index contributed by atoms with van der Waals surface area (Å²) in [5.41, 5.74) is 1.64. The van der Waals surface area contributed by atoms with Gasteiger partial charge in [-0.25, -0.2) is 0 Å². The fourth-order valence-electron chi connectivity index (χ4n) is 1.20. The summed E-state index contributed by atoms with van der Waals surface area (Å²) in [6.45, 7) is 3.64. The molecule has 1 amide bonds. The van der Waals surface area contributed by atoms with E-state index in [1.807, 2.05) is 19.1 Å². The second-order valence-electron chi connectivity index (χ2n) is 3.47. The second-order valence-corrected chi connectivity index (χ2v) is 4.63. The Balaban J connectivity index is 2.87. The van der Waals surface area contributed by atoms with Gasteiger partial charge in [-0.3, -0.25) is 4.79 Å². The Labute approximate surface area is 103 Å². The highest BCUT2D eigenvalue weighted by Crippen LogP contribution is 2.15. The van der Waals surface area contributed by atoms with Gasteiger partial charge in [0.15, 0.2) is 0 Å². The van der Waals surface area contributed by atoms with Crippen molar-refractivity contribution in [2.24, 2.45) is 0 Å². The van der Waals surface area contributed by atoms with Crippen molar-refractivity contribution in [3.63, 3.8) is 0 Å². The molecule has 0 fully saturated rings. The van der Waals surface area contributed by atoms with Crippen LogP contribution in [-0.4, -0.2) is 23.7 Å². The number of nitrogens with one attached hydrogen (secondary N) is 1. The van der Waals surface area contributed by atoms with E-state index in [0.717, 1.165) is 9.13 Å². The van der Waals surface area contributed by atoms with E-state index in [4.69, 9.17) is 5.11 Å². The van der Waals surface area contributed by atoms with Gasteiger partial charge in [-0.05, 0) is 54.1 Å². The number of hydrogen-bond donors (Lipinski definition) is 2. The molecule has 3 nitrogen and oxygen atoms in total. The number of benzene rings is 1. The second kappa shape index (κ2) is 5.46. The Bertz CT molecular complexity index is 366. The standard InChI is InChI=1S/C11H14INO2/c1-7(6-14)13-11(15)9-4-3-5-10(12)8(9)2/h3-5,7,14H,6H2,1-2H3,(H,13,15). The number of halogens is 1. The smallest absolute Gasteiger partial charge is 0.251 e. The van der Waals surface area contributed by atoms with Gasteiger partial charge >= 0.3 is 0 Å². The first kappa shape index (κ1) is 12.4. The molecule has 0 bridgehead atoms. The average molecular weight is 319 g/mol. The Morgan fingerprint density at radius 1 is 1.60 bits per heavy atom. The van der Waals surface area contributed by atoms with Crippen LogP contribution in [0.5, 0.6) is 0 Å². The summed E-state index contributed by atoms with van der Waals surface area (Å²) in [5, 5.41) is 11.6. The number of rotatable bonds is 3. The van der Waals surface area contributed by atoms with Gasteiger partial charge in [0.05, 0.1) is 6.61 Å². The predicted octanol–water partition coefficient (Wildman–Crippen LogP) is 1.71. The number of carbonyl (C=O) groups excluding carboxylic acids is 1. The molecule has 0 aliphatic carbocycles. The molecule has 0 radical (unpaired) electrons. The lowest BCUT2D eigenvalue weighted by atomic mass is 10.1. The molecule has 1 aromatic carbocycles. The van der Waals surface area contributed by atoms with Crippen LogP contribution < -0.4 is 5.32 Å². The molecule has 0 spiro atoms. The van der Waals surface area contributed by atoms with Crippen LogP contribution in [0.3, 0.4) is 0 Å². The number of hydrogen-bond acceptors (Lipinski definition) is 2. The first-order valence-electron chi connectivity index (χ1n) is 4.73. The molecule has 2 N–H and O–H groups in total. The largest absolute Gasteiger partial charge is 0.394 e. The first-order chi connectivity index (χ1) is 7.06. The third-order valence-electron chi connectivity index (χ3n) is 2.16. The van der Waals surface area contributed by atoms with E-state index in [0.29, 0.717) is 5.56 Å². The minimum atomic E-state index is -0.213. The van der Waals surface area contributed by atoms with Crippen LogP contribution in [-0.2, 0) is 0 Å². The number of aliphatic hydroxyl groups is 1. The SMILES string of the molecule is Cc1c(I)cccc1C(=O)NC(C)CO. The van der Waals surface area contributed by atoms with Gasteiger partial charge in [0.2, 0.25) is 0 Å². The Morgan fingerprint density at radius 2 is 2.27 bits per heavy atom. The van der Waals surface area contributed by atoms with Gasteiger partial charge in [-0.2, -0.15) is 0 Å². The summed E-state index contributed by atoms with van der Waals surface area (Å²) in [7, 11) is 0. The Hall–Kier alpha value is -0.620. The fraction of sp³-hybridized carbons (Fsp3) is 0.364. The van der Waals surface area contributed by atoms with Crippen LogP contribution in [0.1, 0.15) is 22.8 Å². The highest BCUT2D eigenvalue weighted by Gasteiger charge is 2.12. The van der Waals surface area contributed by atoms with E-state index in [9.17, 15) is 4.79 Å². The van der Waals surface area contributed by atoms with Crippen LogP contribution in [0.15, 0.2) is 18.2 Å². The maximum Gasteiger partial charge on any atom is 0.251 e. The van der Waals surface area contributed by atoms with Gasteiger partial charge in [0.25, 0.3) is 5.91 Å². The summed E-state index contributed by atoms with van der Waals surface area (Å²) >= 11 is 2.20. The average Bonchev–Trinajstić information content (AvgIpc) is 2.21. The van der Waals surface area contributed by atoms with Crippen LogP contribution >= 0.6 is 22.6 Å². The summed E-state index contributed by atoms with van der Waals surface area (Å²) in [5.74, 6) is -0.132. The molecule has 15 heavy (non-hydrogen) atoms. The van der Waals surface area contributed by atoms with Crippen molar-refractivity contribution < 1.29 is 9.90 Å². The van der Waals surface area contributed by atoms with Crippen LogP contribution in [0.25, 0.3) is 0 Å². The van der Waals surface area contributed by atoms with Crippen LogP contribution in [0, 0.1) is 10.5 Å². The number of aliphatic hydroxyl groups excluding tert-OH is 1. The number of amides is 1. The zero-order valence-corrected chi connectivity index (χ0v) is 10.9. The monoisotopic (exact) mass is 319 g/mol. The van der Waals surface area contributed by atoms with Crippen molar-refractivity contribution in [2.45, 2.75) is 19.9 Å². The zero-order chi connectivity index (χ0) is 11.4. The lowest BCUT2D eigenvalue weighted by Gasteiger charge is -2.12. The molecular weight excluding hydrogens is 305 g/mol. The fourth-order valence-corrected chi connectivity index (χ4v) is 1.70. The van der Waals surface area contributed by atoms with Gasteiger partial charge in [-0.15, -0.1) is 0 Å². The van der Waals surface area contributed by atoms with E-state index < -0.39 is 0 Å². The maximum absolute atomic E-state index is 11.8. The Kier molecular flexibility index (Phi) is 4.53. The van der Waals surface area contributed by atoms with E-state index in [1.165, 1.54) is 0 Å². The molecule has 0 aliphatic heterocycles. The van der Waals surface area contributed by atoms with Crippen molar-refractivity contribution in [1.82, 2.24) is 5.32 Å². The molecule has 0 aromatic heterocycles. The minimum absolute atomic E-state index is 0.0469.